The van der Waals surface area contributed by atoms with Crippen LogP contribution >= 0.6 is 12.2 Å². The van der Waals surface area contributed by atoms with E-state index in [0.29, 0.717) is 18.1 Å². The molecule has 0 saturated carbocycles. The van der Waals surface area contributed by atoms with Crippen molar-refractivity contribution in [2.45, 2.75) is 12.8 Å². The van der Waals surface area contributed by atoms with E-state index in [1.807, 2.05) is 0 Å². The summed E-state index contributed by atoms with van der Waals surface area (Å²) in [5, 5.41) is 0. The molecular formula is C9H18N2O3S2. The largest absolute Gasteiger partial charge is 0.393 e. The lowest BCUT2D eigenvalue weighted by atomic mass is 9.98. The number of piperidine rings is 1. The zero-order valence-electron chi connectivity index (χ0n) is 9.39. The molecule has 0 amide bonds. The fourth-order valence-corrected chi connectivity index (χ4v) is 3.37. The van der Waals surface area contributed by atoms with E-state index in [9.17, 15) is 8.42 Å². The Morgan fingerprint density at radius 1 is 1.50 bits per heavy atom. The van der Waals surface area contributed by atoms with Gasteiger partial charge >= 0.3 is 0 Å². The van der Waals surface area contributed by atoms with Crippen molar-refractivity contribution in [2.75, 3.05) is 32.6 Å². The average Bonchev–Trinajstić information content (AvgIpc) is 2.26. The molecule has 1 heterocycles. The van der Waals surface area contributed by atoms with Crippen LogP contribution in [0.4, 0.5) is 0 Å². The lowest BCUT2D eigenvalue weighted by molar-refractivity contribution is 0.214. The van der Waals surface area contributed by atoms with Gasteiger partial charge in [-0.3, -0.25) is 0 Å². The van der Waals surface area contributed by atoms with Crippen LogP contribution in [0.2, 0.25) is 0 Å². The molecule has 7 heteroatoms. The molecule has 0 bridgehead atoms. The summed E-state index contributed by atoms with van der Waals surface area (Å²) in [6, 6.07) is 0. The maximum absolute atomic E-state index is 11.8. The predicted molar refractivity (Wildman–Crippen MR) is 66.7 cm³/mol. The van der Waals surface area contributed by atoms with Crippen LogP contribution in [0.15, 0.2) is 0 Å². The van der Waals surface area contributed by atoms with Crippen LogP contribution in [-0.2, 0) is 14.8 Å². The number of sulfonamides is 1. The van der Waals surface area contributed by atoms with Crippen molar-refractivity contribution in [3.05, 3.63) is 0 Å². The van der Waals surface area contributed by atoms with Crippen molar-refractivity contribution in [1.29, 1.82) is 0 Å². The van der Waals surface area contributed by atoms with Gasteiger partial charge in [0.25, 0.3) is 0 Å². The van der Waals surface area contributed by atoms with Gasteiger partial charge in [-0.05, 0) is 12.8 Å². The molecule has 0 atom stereocenters. The number of methoxy groups -OCH3 is 1. The van der Waals surface area contributed by atoms with Crippen molar-refractivity contribution in [1.82, 2.24) is 4.31 Å². The summed E-state index contributed by atoms with van der Waals surface area (Å²) < 4.78 is 29.9. The molecule has 1 rings (SSSR count). The fourth-order valence-electron chi connectivity index (χ4n) is 1.74. The lowest BCUT2D eigenvalue weighted by Crippen LogP contribution is -2.42. The Morgan fingerprint density at radius 2 is 2.06 bits per heavy atom. The minimum atomic E-state index is -3.17. The second-order valence-corrected chi connectivity index (χ2v) is 6.44. The Morgan fingerprint density at radius 3 is 2.50 bits per heavy atom. The lowest BCUT2D eigenvalue weighted by Gasteiger charge is -2.30. The van der Waals surface area contributed by atoms with Crippen molar-refractivity contribution < 1.29 is 13.2 Å². The van der Waals surface area contributed by atoms with Gasteiger partial charge in [0.15, 0.2) is 0 Å². The monoisotopic (exact) mass is 266 g/mol. The highest BCUT2D eigenvalue weighted by Crippen LogP contribution is 2.19. The summed E-state index contributed by atoms with van der Waals surface area (Å²) in [5.41, 5.74) is 5.55. The molecular weight excluding hydrogens is 248 g/mol. The van der Waals surface area contributed by atoms with Gasteiger partial charge in [0.2, 0.25) is 10.0 Å². The summed E-state index contributed by atoms with van der Waals surface area (Å²) in [7, 11) is -1.68. The maximum Gasteiger partial charge on any atom is 0.216 e. The predicted octanol–water partition coefficient (Wildman–Crippen LogP) is -0.0393. The van der Waals surface area contributed by atoms with E-state index in [1.165, 1.54) is 11.4 Å². The number of rotatable bonds is 5. The second kappa shape index (κ2) is 5.90. The summed E-state index contributed by atoms with van der Waals surface area (Å²) in [5.74, 6) is 0.227. The number of nitrogens with zero attached hydrogens (tertiary/aromatic N) is 1. The molecule has 1 fully saturated rings. The molecule has 2 N–H and O–H groups in total. The molecule has 1 aliphatic heterocycles. The van der Waals surface area contributed by atoms with Crippen LogP contribution < -0.4 is 5.73 Å². The highest BCUT2D eigenvalue weighted by molar-refractivity contribution is 7.89. The first-order chi connectivity index (χ1) is 7.47. The van der Waals surface area contributed by atoms with Gasteiger partial charge in [-0.25, -0.2) is 12.7 Å². The Bertz CT molecular complexity index is 335. The molecule has 16 heavy (non-hydrogen) atoms. The van der Waals surface area contributed by atoms with E-state index in [2.05, 4.69) is 0 Å². The highest BCUT2D eigenvalue weighted by atomic mass is 32.2. The molecule has 0 spiro atoms. The molecule has 0 aromatic rings. The molecule has 5 nitrogen and oxygen atoms in total. The Balaban J connectivity index is 2.50. The minimum Gasteiger partial charge on any atom is -0.393 e. The fraction of sp³-hybridized carbons (Fsp3) is 0.889. The second-order valence-electron chi connectivity index (χ2n) is 3.88. The minimum absolute atomic E-state index is 0.0429. The topological polar surface area (TPSA) is 72.6 Å². The first kappa shape index (κ1) is 13.8. The highest BCUT2D eigenvalue weighted by Gasteiger charge is 2.28. The van der Waals surface area contributed by atoms with Crippen LogP contribution in [-0.4, -0.2) is 50.3 Å². The van der Waals surface area contributed by atoms with Gasteiger partial charge in [0.1, 0.15) is 0 Å². The van der Waals surface area contributed by atoms with Crippen molar-refractivity contribution >= 4 is 27.2 Å². The average molecular weight is 266 g/mol. The van der Waals surface area contributed by atoms with Crippen molar-refractivity contribution in [2.24, 2.45) is 11.7 Å². The molecule has 0 radical (unpaired) electrons. The molecule has 94 valence electrons. The van der Waals surface area contributed by atoms with E-state index in [0.717, 1.165) is 12.8 Å². The maximum atomic E-state index is 11.8. The van der Waals surface area contributed by atoms with Gasteiger partial charge in [0.05, 0.1) is 17.3 Å². The third-order valence-electron chi connectivity index (χ3n) is 2.80. The zero-order chi connectivity index (χ0) is 12.2. The number of hydrogen-bond donors (Lipinski definition) is 1. The third kappa shape index (κ3) is 3.65. The SMILES string of the molecule is COCCS(=O)(=O)N1CCC(C(N)=S)CC1. The van der Waals surface area contributed by atoms with Crippen LogP contribution in [0.1, 0.15) is 12.8 Å². The molecule has 1 aliphatic rings. The molecule has 1 saturated heterocycles. The number of hydrogen-bond acceptors (Lipinski definition) is 4. The van der Waals surface area contributed by atoms with Gasteiger partial charge < -0.3 is 10.5 Å². The van der Waals surface area contributed by atoms with Gasteiger partial charge in [-0.15, -0.1) is 0 Å². The van der Waals surface area contributed by atoms with Crippen LogP contribution in [0.5, 0.6) is 0 Å². The van der Waals surface area contributed by atoms with E-state index >= 15 is 0 Å². The number of nitrogens with two attached hydrogens (primary N) is 1. The molecule has 0 aromatic heterocycles. The van der Waals surface area contributed by atoms with Gasteiger partial charge in [-0.2, -0.15) is 0 Å². The van der Waals surface area contributed by atoms with E-state index < -0.39 is 10.0 Å². The standard InChI is InChI=1S/C9H18N2O3S2/c1-14-6-7-16(12,13)11-4-2-8(3-5-11)9(10)15/h8H,2-7H2,1H3,(H2,10,15). The smallest absolute Gasteiger partial charge is 0.216 e. The van der Waals surface area contributed by atoms with Crippen LogP contribution in [0.3, 0.4) is 0 Å². The van der Waals surface area contributed by atoms with Crippen LogP contribution in [0.25, 0.3) is 0 Å². The Labute approximate surface area is 102 Å². The van der Waals surface area contributed by atoms with Crippen molar-refractivity contribution in [3.63, 3.8) is 0 Å². The van der Waals surface area contributed by atoms with E-state index in [1.54, 1.807) is 0 Å². The number of ether oxygens (including phenoxy) is 1. The number of thiocarbonyl (C=S) groups is 1. The Hall–Kier alpha value is -0.240. The van der Waals surface area contributed by atoms with Crippen LogP contribution in [0, 0.1) is 5.92 Å². The third-order valence-corrected chi connectivity index (χ3v) is 4.96. The first-order valence-electron chi connectivity index (χ1n) is 5.23. The summed E-state index contributed by atoms with van der Waals surface area (Å²) in [6.07, 6.45) is 1.45. The van der Waals surface area contributed by atoms with Gasteiger partial charge in [-0.1, -0.05) is 12.2 Å². The first-order valence-corrected chi connectivity index (χ1v) is 7.25. The summed E-state index contributed by atoms with van der Waals surface area (Å²) >= 11 is 4.91. The summed E-state index contributed by atoms with van der Waals surface area (Å²) in [4.78, 5) is 0.494. The van der Waals surface area contributed by atoms with Gasteiger partial charge in [0, 0.05) is 26.1 Å². The molecule has 0 aromatic carbocycles. The van der Waals surface area contributed by atoms with E-state index in [4.69, 9.17) is 22.7 Å². The Kier molecular flexibility index (Phi) is 5.10. The quantitative estimate of drug-likeness (QED) is 0.707. The van der Waals surface area contributed by atoms with Crippen molar-refractivity contribution in [3.8, 4) is 0 Å². The molecule has 0 unspecified atom stereocenters. The summed E-state index contributed by atoms with van der Waals surface area (Å²) in [6.45, 7) is 1.25. The normalized spacial score (nSPS) is 19.8. The zero-order valence-corrected chi connectivity index (χ0v) is 11.0. The van der Waals surface area contributed by atoms with E-state index in [-0.39, 0.29) is 18.3 Å². The molecule has 0 aliphatic carbocycles.